The standard InChI is InChI=1S/C25H24F2N2O2/c1-17-12-13-21-20(14-17)22(29-24(30)31-16-18-8-4-2-5-9-18)15-23(28-21)25(26,27)19-10-6-3-7-11-19/h2-14,22-23,28H,15-16H2,1H3,(H,29,30)/t22-,23-/m0/s1. The van der Waals surface area contributed by atoms with Crippen molar-refractivity contribution in [2.45, 2.75) is 38.0 Å². The Balaban J connectivity index is 1.54. The lowest BCUT2D eigenvalue weighted by atomic mass is 9.87. The molecule has 4 nitrogen and oxygen atoms in total. The number of aryl methyl sites for hydroxylation is 1. The topological polar surface area (TPSA) is 50.4 Å². The molecule has 0 saturated heterocycles. The van der Waals surface area contributed by atoms with Crippen molar-refractivity contribution < 1.29 is 18.3 Å². The second-order valence-electron chi connectivity index (χ2n) is 7.77. The molecular formula is C25H24F2N2O2. The lowest BCUT2D eigenvalue weighted by Gasteiger charge is -2.37. The van der Waals surface area contributed by atoms with Gasteiger partial charge in [-0.1, -0.05) is 78.4 Å². The number of ether oxygens (including phenoxy) is 1. The van der Waals surface area contributed by atoms with Gasteiger partial charge in [-0.3, -0.25) is 0 Å². The zero-order valence-electron chi connectivity index (χ0n) is 17.1. The van der Waals surface area contributed by atoms with Crippen molar-refractivity contribution in [1.82, 2.24) is 5.32 Å². The molecule has 0 spiro atoms. The largest absolute Gasteiger partial charge is 0.445 e. The van der Waals surface area contributed by atoms with Gasteiger partial charge in [0.25, 0.3) is 5.92 Å². The van der Waals surface area contributed by atoms with Crippen LogP contribution in [-0.4, -0.2) is 12.1 Å². The molecule has 0 bridgehead atoms. The minimum atomic E-state index is -3.11. The molecule has 4 rings (SSSR count). The normalized spacial score (nSPS) is 17.9. The highest BCUT2D eigenvalue weighted by atomic mass is 19.3. The van der Waals surface area contributed by atoms with E-state index >= 15 is 8.78 Å². The maximum absolute atomic E-state index is 15.3. The molecule has 6 heteroatoms. The van der Waals surface area contributed by atoms with Crippen LogP contribution in [0.3, 0.4) is 0 Å². The number of carbonyl (C=O) groups excluding carboxylic acids is 1. The SMILES string of the molecule is Cc1ccc2c(c1)[C@@H](NC(=O)OCc1ccccc1)C[C@@H](C(F)(F)c1ccccc1)N2. The maximum atomic E-state index is 15.3. The van der Waals surface area contributed by atoms with Crippen molar-refractivity contribution in [3.63, 3.8) is 0 Å². The number of amides is 1. The van der Waals surface area contributed by atoms with Gasteiger partial charge in [0.15, 0.2) is 0 Å². The van der Waals surface area contributed by atoms with Crippen LogP contribution in [0.1, 0.15) is 34.7 Å². The van der Waals surface area contributed by atoms with Crippen molar-refractivity contribution in [2.75, 3.05) is 5.32 Å². The van der Waals surface area contributed by atoms with Crippen LogP contribution in [0.15, 0.2) is 78.9 Å². The molecule has 1 heterocycles. The fourth-order valence-corrected chi connectivity index (χ4v) is 3.86. The highest BCUT2D eigenvalue weighted by molar-refractivity contribution is 5.69. The summed E-state index contributed by atoms with van der Waals surface area (Å²) >= 11 is 0. The van der Waals surface area contributed by atoms with Gasteiger partial charge in [0, 0.05) is 11.3 Å². The number of carbonyl (C=O) groups is 1. The smallest absolute Gasteiger partial charge is 0.407 e. The summed E-state index contributed by atoms with van der Waals surface area (Å²) in [4.78, 5) is 12.5. The Morgan fingerprint density at radius 1 is 1.06 bits per heavy atom. The molecule has 2 N–H and O–H groups in total. The fourth-order valence-electron chi connectivity index (χ4n) is 3.86. The van der Waals surface area contributed by atoms with E-state index in [4.69, 9.17) is 4.74 Å². The quantitative estimate of drug-likeness (QED) is 0.535. The predicted molar refractivity (Wildman–Crippen MR) is 116 cm³/mol. The Labute approximate surface area is 180 Å². The van der Waals surface area contributed by atoms with E-state index in [9.17, 15) is 4.79 Å². The Morgan fingerprint density at radius 2 is 1.74 bits per heavy atom. The van der Waals surface area contributed by atoms with Crippen molar-refractivity contribution in [1.29, 1.82) is 0 Å². The van der Waals surface area contributed by atoms with Gasteiger partial charge in [0.05, 0.1) is 12.1 Å². The number of hydrogen-bond acceptors (Lipinski definition) is 3. The van der Waals surface area contributed by atoms with E-state index < -0.39 is 24.1 Å². The summed E-state index contributed by atoms with van der Waals surface area (Å²) in [6, 6.07) is 20.8. The molecule has 0 radical (unpaired) electrons. The minimum absolute atomic E-state index is 0.0266. The van der Waals surface area contributed by atoms with Gasteiger partial charge in [-0.05, 0) is 30.5 Å². The molecule has 0 saturated carbocycles. The molecule has 3 aromatic carbocycles. The molecule has 0 aliphatic carbocycles. The van der Waals surface area contributed by atoms with Gasteiger partial charge >= 0.3 is 6.09 Å². The summed E-state index contributed by atoms with van der Waals surface area (Å²) in [6.07, 6.45) is -0.608. The third kappa shape index (κ3) is 4.68. The maximum Gasteiger partial charge on any atom is 0.407 e. The van der Waals surface area contributed by atoms with E-state index in [-0.39, 0.29) is 18.6 Å². The van der Waals surface area contributed by atoms with E-state index in [2.05, 4.69) is 10.6 Å². The Morgan fingerprint density at radius 3 is 2.45 bits per heavy atom. The average molecular weight is 422 g/mol. The van der Waals surface area contributed by atoms with Crippen molar-refractivity contribution in [3.05, 3.63) is 101 Å². The summed E-state index contributed by atoms with van der Waals surface area (Å²) in [5, 5.41) is 5.77. The first-order valence-electron chi connectivity index (χ1n) is 10.2. The monoisotopic (exact) mass is 422 g/mol. The van der Waals surface area contributed by atoms with Crippen LogP contribution in [0.4, 0.5) is 19.3 Å². The number of alkyl halides is 2. The Hall–Kier alpha value is -3.41. The van der Waals surface area contributed by atoms with Crippen LogP contribution in [0.5, 0.6) is 0 Å². The number of rotatable bonds is 5. The highest BCUT2D eigenvalue weighted by Crippen LogP contribution is 2.42. The van der Waals surface area contributed by atoms with Crippen LogP contribution in [-0.2, 0) is 17.3 Å². The van der Waals surface area contributed by atoms with E-state index in [0.717, 1.165) is 16.7 Å². The van der Waals surface area contributed by atoms with Crippen LogP contribution in [0.2, 0.25) is 0 Å². The summed E-state index contributed by atoms with van der Waals surface area (Å²) in [6.45, 7) is 2.04. The predicted octanol–water partition coefficient (Wildman–Crippen LogP) is 5.94. The van der Waals surface area contributed by atoms with Crippen LogP contribution < -0.4 is 10.6 Å². The molecule has 1 aliphatic heterocycles. The fraction of sp³-hybridized carbons (Fsp3) is 0.240. The van der Waals surface area contributed by atoms with Gasteiger partial charge in [-0.15, -0.1) is 0 Å². The summed E-state index contributed by atoms with van der Waals surface area (Å²) in [5.41, 5.74) is 3.14. The lowest BCUT2D eigenvalue weighted by molar-refractivity contribution is -0.0308. The van der Waals surface area contributed by atoms with Gasteiger partial charge in [0.2, 0.25) is 0 Å². The number of nitrogens with one attached hydrogen (secondary N) is 2. The first kappa shape index (κ1) is 20.8. The zero-order valence-corrected chi connectivity index (χ0v) is 17.1. The molecule has 160 valence electrons. The Bertz CT molecular complexity index is 1040. The number of alkyl carbamates (subject to hydrolysis) is 1. The number of hydrogen-bond donors (Lipinski definition) is 2. The van der Waals surface area contributed by atoms with Gasteiger partial charge in [-0.25, -0.2) is 4.79 Å². The van der Waals surface area contributed by atoms with Crippen LogP contribution >= 0.6 is 0 Å². The highest BCUT2D eigenvalue weighted by Gasteiger charge is 2.45. The molecule has 2 atom stereocenters. The van der Waals surface area contributed by atoms with E-state index in [1.807, 2.05) is 49.4 Å². The van der Waals surface area contributed by atoms with Crippen molar-refractivity contribution in [3.8, 4) is 0 Å². The summed E-state index contributed by atoms with van der Waals surface area (Å²) < 4.78 is 35.9. The molecule has 0 unspecified atom stereocenters. The zero-order chi connectivity index (χ0) is 21.8. The minimum Gasteiger partial charge on any atom is -0.445 e. The molecule has 0 fully saturated rings. The summed E-state index contributed by atoms with van der Waals surface area (Å²) in [7, 11) is 0. The van der Waals surface area contributed by atoms with E-state index in [1.165, 1.54) is 12.1 Å². The first-order valence-corrected chi connectivity index (χ1v) is 10.2. The van der Waals surface area contributed by atoms with Gasteiger partial charge in [-0.2, -0.15) is 8.78 Å². The second-order valence-corrected chi connectivity index (χ2v) is 7.77. The number of anilines is 1. The lowest BCUT2D eigenvalue weighted by Crippen LogP contribution is -2.45. The molecule has 1 amide bonds. The first-order chi connectivity index (χ1) is 14.9. The molecular weight excluding hydrogens is 398 g/mol. The van der Waals surface area contributed by atoms with Crippen LogP contribution in [0.25, 0.3) is 0 Å². The van der Waals surface area contributed by atoms with Gasteiger partial charge in [0.1, 0.15) is 6.61 Å². The van der Waals surface area contributed by atoms with Crippen LogP contribution in [0, 0.1) is 6.92 Å². The average Bonchev–Trinajstić information content (AvgIpc) is 2.79. The summed E-state index contributed by atoms with van der Waals surface area (Å²) in [5.74, 6) is -3.11. The molecule has 31 heavy (non-hydrogen) atoms. The number of benzene rings is 3. The third-order valence-corrected chi connectivity index (χ3v) is 5.48. The molecule has 1 aliphatic rings. The van der Waals surface area contributed by atoms with E-state index in [0.29, 0.717) is 5.69 Å². The third-order valence-electron chi connectivity index (χ3n) is 5.48. The van der Waals surface area contributed by atoms with Crippen molar-refractivity contribution >= 4 is 11.8 Å². The van der Waals surface area contributed by atoms with E-state index in [1.54, 1.807) is 24.3 Å². The molecule has 0 aromatic heterocycles. The Kier molecular flexibility index (Phi) is 5.89. The number of halogens is 2. The van der Waals surface area contributed by atoms with Gasteiger partial charge < -0.3 is 15.4 Å². The second kappa shape index (κ2) is 8.76. The van der Waals surface area contributed by atoms with Crippen molar-refractivity contribution in [2.24, 2.45) is 0 Å². The molecule has 3 aromatic rings. The number of fused-ring (bicyclic) bond motifs is 1.